The van der Waals surface area contributed by atoms with Crippen molar-refractivity contribution in [2.45, 2.75) is 46.7 Å². The zero-order chi connectivity index (χ0) is 13.9. The van der Waals surface area contributed by atoms with Gasteiger partial charge in [-0.1, -0.05) is 0 Å². The molecule has 0 aliphatic rings. The summed E-state index contributed by atoms with van der Waals surface area (Å²) in [5.74, 6) is 0.810. The molecule has 0 saturated carbocycles. The van der Waals surface area contributed by atoms with E-state index in [1.54, 1.807) is 7.05 Å². The Morgan fingerprint density at radius 1 is 1.33 bits per heavy atom. The SMILES string of the molecule is CN=C(NCc1c(C)nn(C)c1C)NC(C)(C)C. The largest absolute Gasteiger partial charge is 0.352 e. The molecule has 2 N–H and O–H groups in total. The summed E-state index contributed by atoms with van der Waals surface area (Å²) in [5.41, 5.74) is 3.48. The van der Waals surface area contributed by atoms with Gasteiger partial charge in [0.1, 0.15) is 0 Å². The number of guanidine groups is 1. The van der Waals surface area contributed by atoms with E-state index in [0.29, 0.717) is 0 Å². The average molecular weight is 251 g/mol. The maximum atomic E-state index is 4.41. The molecule has 0 atom stereocenters. The summed E-state index contributed by atoms with van der Waals surface area (Å²) in [6.07, 6.45) is 0. The first-order valence-electron chi connectivity index (χ1n) is 6.22. The molecule has 0 spiro atoms. The molecule has 5 heteroatoms. The lowest BCUT2D eigenvalue weighted by molar-refractivity contribution is 0.501. The Hall–Kier alpha value is -1.52. The Morgan fingerprint density at radius 2 is 1.94 bits per heavy atom. The van der Waals surface area contributed by atoms with Crippen molar-refractivity contribution in [2.75, 3.05) is 7.05 Å². The predicted octanol–water partition coefficient (Wildman–Crippen LogP) is 1.50. The number of aryl methyl sites for hydroxylation is 2. The highest BCUT2D eigenvalue weighted by Crippen LogP contribution is 2.11. The molecular formula is C13H25N5. The quantitative estimate of drug-likeness (QED) is 0.618. The minimum atomic E-state index is 0.000864. The molecule has 0 aliphatic heterocycles. The van der Waals surface area contributed by atoms with Crippen molar-refractivity contribution >= 4 is 5.96 Å². The smallest absolute Gasteiger partial charge is 0.191 e. The molecule has 1 aromatic rings. The fourth-order valence-corrected chi connectivity index (χ4v) is 1.78. The zero-order valence-corrected chi connectivity index (χ0v) is 12.5. The van der Waals surface area contributed by atoms with Crippen LogP contribution >= 0.6 is 0 Å². The van der Waals surface area contributed by atoms with Gasteiger partial charge in [0.15, 0.2) is 5.96 Å². The van der Waals surface area contributed by atoms with E-state index in [0.717, 1.165) is 18.2 Å². The predicted molar refractivity (Wildman–Crippen MR) is 75.8 cm³/mol. The number of hydrogen-bond acceptors (Lipinski definition) is 2. The van der Waals surface area contributed by atoms with E-state index in [1.165, 1.54) is 11.3 Å². The van der Waals surface area contributed by atoms with E-state index in [9.17, 15) is 0 Å². The van der Waals surface area contributed by atoms with Crippen LogP contribution in [0.3, 0.4) is 0 Å². The number of rotatable bonds is 2. The van der Waals surface area contributed by atoms with Gasteiger partial charge in [-0.25, -0.2) is 0 Å². The first-order chi connectivity index (χ1) is 8.24. The van der Waals surface area contributed by atoms with Gasteiger partial charge in [-0.3, -0.25) is 9.67 Å². The monoisotopic (exact) mass is 251 g/mol. The fraction of sp³-hybridized carbons (Fsp3) is 0.692. The third kappa shape index (κ3) is 3.75. The highest BCUT2D eigenvalue weighted by molar-refractivity contribution is 5.80. The lowest BCUT2D eigenvalue weighted by Gasteiger charge is -2.23. The molecule has 1 rings (SSSR count). The summed E-state index contributed by atoms with van der Waals surface area (Å²) in [6, 6.07) is 0. The van der Waals surface area contributed by atoms with Crippen LogP contribution < -0.4 is 10.6 Å². The second-order valence-corrected chi connectivity index (χ2v) is 5.57. The average Bonchev–Trinajstić information content (AvgIpc) is 2.47. The zero-order valence-electron chi connectivity index (χ0n) is 12.5. The molecule has 102 valence electrons. The van der Waals surface area contributed by atoms with Crippen LogP contribution in [0.2, 0.25) is 0 Å². The van der Waals surface area contributed by atoms with Crippen molar-refractivity contribution in [1.29, 1.82) is 0 Å². The summed E-state index contributed by atoms with van der Waals surface area (Å²) < 4.78 is 1.91. The summed E-state index contributed by atoms with van der Waals surface area (Å²) in [4.78, 5) is 4.22. The van der Waals surface area contributed by atoms with E-state index in [1.807, 2.05) is 18.7 Å². The lowest BCUT2D eigenvalue weighted by Crippen LogP contribution is -2.47. The Morgan fingerprint density at radius 3 is 2.33 bits per heavy atom. The molecule has 1 heterocycles. The van der Waals surface area contributed by atoms with Gasteiger partial charge in [-0.05, 0) is 34.6 Å². The second-order valence-electron chi connectivity index (χ2n) is 5.57. The maximum Gasteiger partial charge on any atom is 0.191 e. The van der Waals surface area contributed by atoms with Crippen LogP contribution in [0.1, 0.15) is 37.7 Å². The second kappa shape index (κ2) is 5.42. The van der Waals surface area contributed by atoms with Gasteiger partial charge >= 0.3 is 0 Å². The van der Waals surface area contributed by atoms with Crippen LogP contribution in [0.5, 0.6) is 0 Å². The van der Waals surface area contributed by atoms with Crippen LogP contribution in [0.15, 0.2) is 4.99 Å². The standard InChI is InChI=1S/C13H25N5/c1-9-11(10(2)18(7)17-9)8-15-12(14-6)16-13(3,4)5/h8H2,1-7H3,(H2,14,15,16). The van der Waals surface area contributed by atoms with Gasteiger partial charge in [-0.2, -0.15) is 5.10 Å². The molecule has 0 saturated heterocycles. The molecule has 0 unspecified atom stereocenters. The third-order valence-corrected chi connectivity index (χ3v) is 2.81. The number of nitrogens with one attached hydrogen (secondary N) is 2. The number of aromatic nitrogens is 2. The van der Waals surface area contributed by atoms with Gasteiger partial charge < -0.3 is 10.6 Å². The minimum absolute atomic E-state index is 0.000864. The summed E-state index contributed by atoms with van der Waals surface area (Å²) in [7, 11) is 3.75. The molecule has 0 radical (unpaired) electrons. The van der Waals surface area contributed by atoms with E-state index in [2.05, 4.69) is 48.4 Å². The van der Waals surface area contributed by atoms with Gasteiger partial charge in [0.05, 0.1) is 5.69 Å². The van der Waals surface area contributed by atoms with Crippen molar-refractivity contribution in [3.8, 4) is 0 Å². The Kier molecular flexibility index (Phi) is 4.38. The molecule has 0 aliphatic carbocycles. The Bertz CT molecular complexity index is 437. The van der Waals surface area contributed by atoms with Crippen LogP contribution in [0, 0.1) is 13.8 Å². The summed E-state index contributed by atoms with van der Waals surface area (Å²) in [5, 5.41) is 11.1. The summed E-state index contributed by atoms with van der Waals surface area (Å²) >= 11 is 0. The molecule has 0 fully saturated rings. The maximum absolute atomic E-state index is 4.41. The molecule has 0 aromatic carbocycles. The number of hydrogen-bond donors (Lipinski definition) is 2. The first kappa shape index (κ1) is 14.5. The third-order valence-electron chi connectivity index (χ3n) is 2.81. The number of aliphatic imine (C=N–C) groups is 1. The minimum Gasteiger partial charge on any atom is -0.352 e. The van der Waals surface area contributed by atoms with Gasteiger partial charge in [0.25, 0.3) is 0 Å². The van der Waals surface area contributed by atoms with Crippen LogP contribution in [-0.2, 0) is 13.6 Å². The van der Waals surface area contributed by atoms with Crippen molar-refractivity contribution in [3.05, 3.63) is 17.0 Å². The first-order valence-corrected chi connectivity index (χ1v) is 6.22. The van der Waals surface area contributed by atoms with E-state index >= 15 is 0 Å². The van der Waals surface area contributed by atoms with Gasteiger partial charge in [0, 0.05) is 37.4 Å². The van der Waals surface area contributed by atoms with Crippen LogP contribution in [-0.4, -0.2) is 28.3 Å². The highest BCUT2D eigenvalue weighted by Gasteiger charge is 2.13. The lowest BCUT2D eigenvalue weighted by atomic mass is 10.1. The van der Waals surface area contributed by atoms with Crippen LogP contribution in [0.25, 0.3) is 0 Å². The highest BCUT2D eigenvalue weighted by atomic mass is 15.3. The fourth-order valence-electron chi connectivity index (χ4n) is 1.78. The molecule has 1 aromatic heterocycles. The topological polar surface area (TPSA) is 54.2 Å². The molecule has 0 bridgehead atoms. The van der Waals surface area contributed by atoms with Gasteiger partial charge in [0.2, 0.25) is 0 Å². The van der Waals surface area contributed by atoms with E-state index in [-0.39, 0.29) is 5.54 Å². The van der Waals surface area contributed by atoms with Crippen molar-refractivity contribution in [1.82, 2.24) is 20.4 Å². The van der Waals surface area contributed by atoms with E-state index < -0.39 is 0 Å². The van der Waals surface area contributed by atoms with Crippen LogP contribution in [0.4, 0.5) is 0 Å². The molecular weight excluding hydrogens is 226 g/mol. The van der Waals surface area contributed by atoms with Gasteiger partial charge in [-0.15, -0.1) is 0 Å². The summed E-state index contributed by atoms with van der Waals surface area (Å²) in [6.45, 7) is 11.2. The Labute approximate surface area is 110 Å². The van der Waals surface area contributed by atoms with E-state index in [4.69, 9.17) is 0 Å². The molecule has 0 amide bonds. The van der Waals surface area contributed by atoms with Crippen molar-refractivity contribution < 1.29 is 0 Å². The molecule has 5 nitrogen and oxygen atoms in total. The number of nitrogens with zero attached hydrogens (tertiary/aromatic N) is 3. The van der Waals surface area contributed by atoms with Crippen molar-refractivity contribution in [2.24, 2.45) is 12.0 Å². The Balaban J connectivity index is 2.69. The molecule has 18 heavy (non-hydrogen) atoms. The van der Waals surface area contributed by atoms with Crippen molar-refractivity contribution in [3.63, 3.8) is 0 Å². The normalized spacial score (nSPS) is 12.7.